The van der Waals surface area contributed by atoms with Crippen LogP contribution in [0.3, 0.4) is 0 Å². The monoisotopic (exact) mass is 253 g/mol. The van der Waals surface area contributed by atoms with Crippen LogP contribution >= 0.6 is 0 Å². The molecule has 1 amide bonds. The third kappa shape index (κ3) is 3.22. The molecule has 0 saturated heterocycles. The molecule has 0 bridgehead atoms. The van der Waals surface area contributed by atoms with Gasteiger partial charge in [0, 0.05) is 5.56 Å². The maximum atomic E-state index is 12.1. The van der Waals surface area contributed by atoms with Gasteiger partial charge in [0.05, 0.1) is 6.04 Å². The van der Waals surface area contributed by atoms with Gasteiger partial charge < -0.3 is 5.32 Å². The molecule has 0 aliphatic heterocycles. The van der Waals surface area contributed by atoms with Crippen molar-refractivity contribution in [1.82, 2.24) is 5.32 Å². The molecule has 1 atom stereocenters. The molecule has 0 radical (unpaired) electrons. The summed E-state index contributed by atoms with van der Waals surface area (Å²) in [6, 6.07) is 15.6. The van der Waals surface area contributed by atoms with Crippen LogP contribution < -0.4 is 5.32 Å². The van der Waals surface area contributed by atoms with Crippen LogP contribution in [0.25, 0.3) is 0 Å². The summed E-state index contributed by atoms with van der Waals surface area (Å²) in [4.78, 5) is 12.1. The van der Waals surface area contributed by atoms with Gasteiger partial charge in [-0.25, -0.2) is 0 Å². The minimum absolute atomic E-state index is 0.00704. The molecule has 1 N–H and O–H groups in total. The number of amides is 1. The normalized spacial score (nSPS) is 11.9. The van der Waals surface area contributed by atoms with Crippen molar-refractivity contribution in [3.8, 4) is 0 Å². The van der Waals surface area contributed by atoms with Gasteiger partial charge in [0.15, 0.2) is 0 Å². The minimum Gasteiger partial charge on any atom is -0.346 e. The molecule has 2 rings (SSSR count). The van der Waals surface area contributed by atoms with Crippen LogP contribution in [0.1, 0.15) is 40.0 Å². The van der Waals surface area contributed by atoms with Crippen molar-refractivity contribution in [3.63, 3.8) is 0 Å². The van der Waals surface area contributed by atoms with E-state index >= 15 is 0 Å². The summed E-state index contributed by atoms with van der Waals surface area (Å²) in [5, 5.41) is 3.04. The molecule has 0 aliphatic rings. The molecule has 0 aliphatic carbocycles. The van der Waals surface area contributed by atoms with E-state index in [1.807, 2.05) is 37.3 Å². The van der Waals surface area contributed by atoms with Crippen molar-refractivity contribution < 1.29 is 4.79 Å². The summed E-state index contributed by atoms with van der Waals surface area (Å²) >= 11 is 0. The summed E-state index contributed by atoms with van der Waals surface area (Å²) < 4.78 is 0. The molecule has 0 heterocycles. The van der Waals surface area contributed by atoms with Gasteiger partial charge in [0.1, 0.15) is 0 Å². The van der Waals surface area contributed by atoms with E-state index in [1.165, 1.54) is 16.7 Å². The van der Waals surface area contributed by atoms with Gasteiger partial charge in [-0.15, -0.1) is 0 Å². The summed E-state index contributed by atoms with van der Waals surface area (Å²) in [5.74, 6) is -0.0333. The Bertz CT molecular complexity index is 575. The van der Waals surface area contributed by atoms with Gasteiger partial charge in [0.2, 0.25) is 0 Å². The Morgan fingerprint density at radius 1 is 1.05 bits per heavy atom. The number of carbonyl (C=O) groups excluding carboxylic acids is 1. The van der Waals surface area contributed by atoms with Crippen LogP contribution in [0.2, 0.25) is 0 Å². The zero-order valence-corrected chi connectivity index (χ0v) is 11.6. The molecular formula is C17H19NO. The number of aryl methyl sites for hydroxylation is 2. The van der Waals surface area contributed by atoms with E-state index in [0.29, 0.717) is 5.56 Å². The minimum atomic E-state index is -0.0333. The van der Waals surface area contributed by atoms with Gasteiger partial charge in [-0.1, -0.05) is 42.0 Å². The van der Waals surface area contributed by atoms with Crippen LogP contribution in [-0.2, 0) is 0 Å². The molecule has 2 nitrogen and oxygen atoms in total. The number of rotatable bonds is 3. The second-order valence-electron chi connectivity index (χ2n) is 4.92. The molecule has 2 aromatic rings. The molecule has 19 heavy (non-hydrogen) atoms. The van der Waals surface area contributed by atoms with E-state index in [4.69, 9.17) is 0 Å². The van der Waals surface area contributed by atoms with Crippen LogP contribution in [0, 0.1) is 13.8 Å². The van der Waals surface area contributed by atoms with E-state index in [1.54, 1.807) is 0 Å². The Morgan fingerprint density at radius 2 is 1.74 bits per heavy atom. The summed E-state index contributed by atoms with van der Waals surface area (Å²) in [5.41, 5.74) is 4.27. The smallest absolute Gasteiger partial charge is 0.251 e. The first-order valence-corrected chi connectivity index (χ1v) is 6.51. The second kappa shape index (κ2) is 5.70. The topological polar surface area (TPSA) is 29.1 Å². The Hall–Kier alpha value is -2.09. The number of hydrogen-bond donors (Lipinski definition) is 1. The van der Waals surface area contributed by atoms with Crippen LogP contribution in [-0.4, -0.2) is 5.91 Å². The lowest BCUT2D eigenvalue weighted by Gasteiger charge is -2.17. The molecular weight excluding hydrogens is 234 g/mol. The molecule has 2 heteroatoms. The fourth-order valence-electron chi connectivity index (χ4n) is 2.17. The fourth-order valence-corrected chi connectivity index (χ4v) is 2.17. The third-order valence-corrected chi connectivity index (χ3v) is 3.28. The Labute approximate surface area is 114 Å². The lowest BCUT2D eigenvalue weighted by Crippen LogP contribution is -2.27. The van der Waals surface area contributed by atoms with Crippen molar-refractivity contribution in [2.24, 2.45) is 0 Å². The average molecular weight is 253 g/mol. The maximum Gasteiger partial charge on any atom is 0.251 e. The number of hydrogen-bond acceptors (Lipinski definition) is 1. The second-order valence-corrected chi connectivity index (χ2v) is 4.92. The van der Waals surface area contributed by atoms with Gasteiger partial charge in [0.25, 0.3) is 5.91 Å². The third-order valence-electron chi connectivity index (χ3n) is 3.28. The first kappa shape index (κ1) is 13.3. The molecule has 1 unspecified atom stereocenters. The number of benzene rings is 2. The van der Waals surface area contributed by atoms with Crippen molar-refractivity contribution in [2.45, 2.75) is 26.8 Å². The van der Waals surface area contributed by atoms with Crippen LogP contribution in [0.5, 0.6) is 0 Å². The highest BCUT2D eigenvalue weighted by atomic mass is 16.1. The lowest BCUT2D eigenvalue weighted by molar-refractivity contribution is 0.0940. The lowest BCUT2D eigenvalue weighted by atomic mass is 10.00. The highest BCUT2D eigenvalue weighted by Gasteiger charge is 2.12. The zero-order valence-electron chi connectivity index (χ0n) is 11.6. The predicted molar refractivity (Wildman–Crippen MR) is 78.2 cm³/mol. The van der Waals surface area contributed by atoms with Crippen LogP contribution in [0.15, 0.2) is 48.5 Å². The van der Waals surface area contributed by atoms with Crippen LogP contribution in [0.4, 0.5) is 0 Å². The molecule has 0 fully saturated rings. The summed E-state index contributed by atoms with van der Waals surface area (Å²) in [6.07, 6.45) is 0. The predicted octanol–water partition coefficient (Wildman–Crippen LogP) is 3.79. The molecule has 0 saturated carbocycles. The van der Waals surface area contributed by atoms with E-state index in [0.717, 1.165) is 0 Å². The van der Waals surface area contributed by atoms with Gasteiger partial charge in [-0.05, 0) is 44.0 Å². The molecule has 0 aromatic heterocycles. The van der Waals surface area contributed by atoms with Gasteiger partial charge in [-0.2, -0.15) is 0 Å². The summed E-state index contributed by atoms with van der Waals surface area (Å²) in [7, 11) is 0. The Kier molecular flexibility index (Phi) is 4.00. The standard InChI is InChI=1S/C17H19NO/c1-12-9-10-13(2)16(11-12)14(3)18-17(19)15-7-5-4-6-8-15/h4-11,14H,1-3H3,(H,18,19). The highest BCUT2D eigenvalue weighted by Crippen LogP contribution is 2.19. The number of carbonyl (C=O) groups is 1. The average Bonchev–Trinajstić information content (AvgIpc) is 2.42. The van der Waals surface area contributed by atoms with Crippen molar-refractivity contribution in [1.29, 1.82) is 0 Å². The first-order chi connectivity index (χ1) is 9.08. The Morgan fingerprint density at radius 3 is 2.42 bits per heavy atom. The summed E-state index contributed by atoms with van der Waals surface area (Å²) in [6.45, 7) is 6.15. The van der Waals surface area contributed by atoms with E-state index in [2.05, 4.69) is 37.4 Å². The van der Waals surface area contributed by atoms with E-state index in [-0.39, 0.29) is 11.9 Å². The SMILES string of the molecule is Cc1ccc(C)c(C(C)NC(=O)c2ccccc2)c1. The molecule has 0 spiro atoms. The highest BCUT2D eigenvalue weighted by molar-refractivity contribution is 5.94. The van der Waals surface area contributed by atoms with Crippen molar-refractivity contribution in [3.05, 3.63) is 70.8 Å². The van der Waals surface area contributed by atoms with Crippen molar-refractivity contribution >= 4 is 5.91 Å². The quantitative estimate of drug-likeness (QED) is 0.885. The number of nitrogens with one attached hydrogen (secondary N) is 1. The van der Waals surface area contributed by atoms with Crippen molar-refractivity contribution in [2.75, 3.05) is 0 Å². The van der Waals surface area contributed by atoms with E-state index in [9.17, 15) is 4.79 Å². The van der Waals surface area contributed by atoms with Gasteiger partial charge in [-0.3, -0.25) is 4.79 Å². The molecule has 98 valence electrons. The zero-order chi connectivity index (χ0) is 13.8. The van der Waals surface area contributed by atoms with E-state index < -0.39 is 0 Å². The Balaban J connectivity index is 2.15. The largest absolute Gasteiger partial charge is 0.346 e. The molecule has 2 aromatic carbocycles. The fraction of sp³-hybridized carbons (Fsp3) is 0.235. The first-order valence-electron chi connectivity index (χ1n) is 6.51. The maximum absolute atomic E-state index is 12.1. The van der Waals surface area contributed by atoms with Gasteiger partial charge >= 0.3 is 0 Å².